The summed E-state index contributed by atoms with van der Waals surface area (Å²) in [5.41, 5.74) is 1.44. The monoisotopic (exact) mass is 243 g/mol. The summed E-state index contributed by atoms with van der Waals surface area (Å²) in [6.07, 6.45) is 1.57. The molecule has 2 N–H and O–H groups in total. The van der Waals surface area contributed by atoms with Crippen LogP contribution >= 0.6 is 23.2 Å². The summed E-state index contributed by atoms with van der Waals surface area (Å²) >= 11 is 11.9. The first-order chi connectivity index (χ1) is 7.09. The number of hydrogen-bond donors (Lipinski definition) is 2. The number of hydrogen-bond acceptors (Lipinski definition) is 1. The molecule has 0 atom stereocenters. The van der Waals surface area contributed by atoms with Gasteiger partial charge in [0.1, 0.15) is 0 Å². The second-order valence-corrected chi connectivity index (χ2v) is 3.95. The van der Waals surface area contributed by atoms with E-state index in [-0.39, 0.29) is 6.42 Å². The molecule has 2 aromatic rings. The van der Waals surface area contributed by atoms with Gasteiger partial charge in [0.05, 0.1) is 16.5 Å². The number of carbonyl (C=O) groups is 1. The molecular weight excluding hydrogens is 237 g/mol. The van der Waals surface area contributed by atoms with Gasteiger partial charge in [-0.3, -0.25) is 4.79 Å². The lowest BCUT2D eigenvalue weighted by atomic mass is 10.1. The standard InChI is InChI=1S/C10H7Cl2NO2/c11-6-1-2-7-9(10(6)12)5(4-13-7)3-8(14)15/h1-2,4,13H,3H2,(H,14,15). The van der Waals surface area contributed by atoms with Crippen LogP contribution < -0.4 is 0 Å². The van der Waals surface area contributed by atoms with Crippen LogP contribution in [0.4, 0.5) is 0 Å². The normalized spacial score (nSPS) is 10.8. The summed E-state index contributed by atoms with van der Waals surface area (Å²) < 4.78 is 0. The minimum Gasteiger partial charge on any atom is -0.481 e. The number of benzene rings is 1. The Bertz CT molecular complexity index is 533. The van der Waals surface area contributed by atoms with Crippen LogP contribution in [0.25, 0.3) is 10.9 Å². The highest BCUT2D eigenvalue weighted by Gasteiger charge is 2.12. The smallest absolute Gasteiger partial charge is 0.307 e. The van der Waals surface area contributed by atoms with Crippen LogP contribution in [0, 0.1) is 0 Å². The third kappa shape index (κ3) is 1.80. The Morgan fingerprint density at radius 2 is 2.13 bits per heavy atom. The van der Waals surface area contributed by atoms with Crippen molar-refractivity contribution in [1.82, 2.24) is 4.98 Å². The first-order valence-electron chi connectivity index (χ1n) is 4.25. The largest absolute Gasteiger partial charge is 0.481 e. The zero-order chi connectivity index (χ0) is 11.0. The quantitative estimate of drug-likeness (QED) is 0.852. The van der Waals surface area contributed by atoms with Gasteiger partial charge in [-0.25, -0.2) is 0 Å². The van der Waals surface area contributed by atoms with Crippen LogP contribution in [-0.2, 0) is 11.2 Å². The molecule has 0 amide bonds. The van der Waals surface area contributed by atoms with Gasteiger partial charge in [-0.1, -0.05) is 23.2 Å². The highest BCUT2D eigenvalue weighted by atomic mass is 35.5. The molecule has 1 aromatic carbocycles. The minimum atomic E-state index is -0.896. The van der Waals surface area contributed by atoms with Crippen molar-refractivity contribution in [2.75, 3.05) is 0 Å². The van der Waals surface area contributed by atoms with E-state index in [1.807, 2.05) is 0 Å². The van der Waals surface area contributed by atoms with E-state index in [1.165, 1.54) is 0 Å². The van der Waals surface area contributed by atoms with Crippen molar-refractivity contribution in [3.05, 3.63) is 33.9 Å². The summed E-state index contributed by atoms with van der Waals surface area (Å²) in [7, 11) is 0. The molecule has 2 rings (SSSR count). The van der Waals surface area contributed by atoms with Gasteiger partial charge in [0.2, 0.25) is 0 Å². The third-order valence-electron chi connectivity index (χ3n) is 2.16. The van der Waals surface area contributed by atoms with E-state index >= 15 is 0 Å². The number of nitrogens with one attached hydrogen (secondary N) is 1. The van der Waals surface area contributed by atoms with Crippen molar-refractivity contribution in [3.63, 3.8) is 0 Å². The molecular formula is C10H7Cl2NO2. The van der Waals surface area contributed by atoms with Gasteiger partial charge >= 0.3 is 5.97 Å². The van der Waals surface area contributed by atoms with Gasteiger partial charge < -0.3 is 10.1 Å². The maximum atomic E-state index is 10.6. The lowest BCUT2D eigenvalue weighted by Gasteiger charge is -1.99. The van der Waals surface area contributed by atoms with Crippen LogP contribution in [0.15, 0.2) is 18.3 Å². The third-order valence-corrected chi connectivity index (χ3v) is 2.96. The second kappa shape index (κ2) is 3.76. The molecule has 0 fully saturated rings. The van der Waals surface area contributed by atoms with Crippen LogP contribution in [-0.4, -0.2) is 16.1 Å². The molecule has 1 heterocycles. The number of aliphatic carboxylic acids is 1. The fraction of sp³-hybridized carbons (Fsp3) is 0.100. The lowest BCUT2D eigenvalue weighted by molar-refractivity contribution is -0.136. The number of carboxylic acids is 1. The van der Waals surface area contributed by atoms with Crippen molar-refractivity contribution in [2.45, 2.75) is 6.42 Å². The highest BCUT2D eigenvalue weighted by molar-refractivity contribution is 6.45. The molecule has 0 radical (unpaired) electrons. The number of carboxylic acid groups (broad SMARTS) is 1. The lowest BCUT2D eigenvalue weighted by Crippen LogP contribution is -1.98. The maximum absolute atomic E-state index is 10.6. The molecule has 0 aliphatic heterocycles. The van der Waals surface area contributed by atoms with Gasteiger partial charge in [0.15, 0.2) is 0 Å². The van der Waals surface area contributed by atoms with Crippen molar-refractivity contribution in [2.24, 2.45) is 0 Å². The second-order valence-electron chi connectivity index (χ2n) is 3.17. The SMILES string of the molecule is O=C(O)Cc1c[nH]c2ccc(Cl)c(Cl)c12. The van der Waals surface area contributed by atoms with Crippen LogP contribution in [0.2, 0.25) is 10.0 Å². The summed E-state index contributed by atoms with van der Waals surface area (Å²) in [4.78, 5) is 13.6. The first-order valence-corrected chi connectivity index (χ1v) is 5.01. The van der Waals surface area contributed by atoms with Gasteiger partial charge in [-0.05, 0) is 17.7 Å². The Morgan fingerprint density at radius 3 is 2.80 bits per heavy atom. The van der Waals surface area contributed by atoms with Gasteiger partial charge in [0.25, 0.3) is 0 Å². The Morgan fingerprint density at radius 1 is 1.40 bits per heavy atom. The molecule has 3 nitrogen and oxygen atoms in total. The molecule has 1 aromatic heterocycles. The molecule has 0 bridgehead atoms. The molecule has 0 aliphatic carbocycles. The first kappa shape index (κ1) is 10.3. The van der Waals surface area contributed by atoms with E-state index in [2.05, 4.69) is 4.98 Å². The van der Waals surface area contributed by atoms with Crippen LogP contribution in [0.1, 0.15) is 5.56 Å². The van der Waals surface area contributed by atoms with E-state index in [0.717, 1.165) is 5.52 Å². The van der Waals surface area contributed by atoms with E-state index in [4.69, 9.17) is 28.3 Å². The number of aromatic nitrogens is 1. The summed E-state index contributed by atoms with van der Waals surface area (Å²) in [6, 6.07) is 3.45. The summed E-state index contributed by atoms with van der Waals surface area (Å²) in [5, 5.41) is 10.2. The summed E-state index contributed by atoms with van der Waals surface area (Å²) in [5.74, 6) is -0.896. The Balaban J connectivity index is 2.66. The van der Waals surface area contributed by atoms with Crippen LogP contribution in [0.3, 0.4) is 0 Å². The molecule has 0 saturated heterocycles. The highest BCUT2D eigenvalue weighted by Crippen LogP contribution is 2.32. The molecule has 15 heavy (non-hydrogen) atoms. The topological polar surface area (TPSA) is 53.1 Å². The van der Waals surface area contributed by atoms with Gasteiger partial charge in [-0.2, -0.15) is 0 Å². The predicted octanol–water partition coefficient (Wildman–Crippen LogP) is 3.10. The fourth-order valence-corrected chi connectivity index (χ4v) is 1.97. The Kier molecular flexibility index (Phi) is 2.59. The van der Waals surface area contributed by atoms with Crippen molar-refractivity contribution in [3.8, 4) is 0 Å². The van der Waals surface area contributed by atoms with E-state index < -0.39 is 5.97 Å². The summed E-state index contributed by atoms with van der Waals surface area (Å²) in [6.45, 7) is 0. The molecule has 0 aliphatic rings. The van der Waals surface area contributed by atoms with Gasteiger partial charge in [-0.15, -0.1) is 0 Å². The predicted molar refractivity (Wildman–Crippen MR) is 59.7 cm³/mol. The fourth-order valence-electron chi connectivity index (χ4n) is 1.52. The molecule has 0 spiro atoms. The van der Waals surface area contributed by atoms with E-state index in [9.17, 15) is 4.79 Å². The van der Waals surface area contributed by atoms with Crippen LogP contribution in [0.5, 0.6) is 0 Å². The van der Waals surface area contributed by atoms with E-state index in [1.54, 1.807) is 18.3 Å². The number of H-pyrrole nitrogens is 1. The Labute approximate surface area is 95.6 Å². The number of halogens is 2. The Hall–Kier alpha value is -1.19. The van der Waals surface area contributed by atoms with Crippen molar-refractivity contribution < 1.29 is 9.90 Å². The molecule has 0 saturated carbocycles. The molecule has 0 unspecified atom stereocenters. The zero-order valence-electron chi connectivity index (χ0n) is 7.55. The number of fused-ring (bicyclic) bond motifs is 1. The average molecular weight is 244 g/mol. The minimum absolute atomic E-state index is 0.0694. The molecule has 5 heteroatoms. The number of rotatable bonds is 2. The van der Waals surface area contributed by atoms with Crippen molar-refractivity contribution >= 4 is 40.1 Å². The molecule has 78 valence electrons. The number of aromatic amines is 1. The van der Waals surface area contributed by atoms with E-state index in [0.29, 0.717) is 21.0 Å². The van der Waals surface area contributed by atoms with Crippen molar-refractivity contribution in [1.29, 1.82) is 0 Å². The zero-order valence-corrected chi connectivity index (χ0v) is 9.06. The van der Waals surface area contributed by atoms with Gasteiger partial charge in [0, 0.05) is 17.1 Å². The maximum Gasteiger partial charge on any atom is 0.307 e. The average Bonchev–Trinajstić information content (AvgIpc) is 2.55.